The van der Waals surface area contributed by atoms with Crippen LogP contribution in [0.1, 0.15) is 5.56 Å². The minimum atomic E-state index is -0.495. The Morgan fingerprint density at radius 2 is 1.91 bits per heavy atom. The molecule has 3 rings (SSSR count). The van der Waals surface area contributed by atoms with Crippen molar-refractivity contribution < 1.29 is 9.18 Å². The fourth-order valence-corrected chi connectivity index (χ4v) is 3.77. The van der Waals surface area contributed by atoms with Crippen molar-refractivity contribution in [3.05, 3.63) is 68.8 Å². The number of hydrogen-bond acceptors (Lipinski definition) is 3. The Hall–Kier alpha value is -1.40. The number of nitrogens with zero attached hydrogens (tertiary/aromatic N) is 1. The van der Waals surface area contributed by atoms with Crippen molar-refractivity contribution in [1.82, 2.24) is 0 Å². The third-order valence-electron chi connectivity index (χ3n) is 3.14. The van der Waals surface area contributed by atoms with Gasteiger partial charge in [-0.25, -0.2) is 4.39 Å². The zero-order valence-corrected chi connectivity index (χ0v) is 14.6. The van der Waals surface area contributed by atoms with Gasteiger partial charge in [0.15, 0.2) is 4.32 Å². The minimum Gasteiger partial charge on any atom is -0.268 e. The molecule has 0 radical (unpaired) electrons. The molecule has 1 amide bonds. The van der Waals surface area contributed by atoms with Crippen LogP contribution in [0, 0.1) is 5.82 Å². The van der Waals surface area contributed by atoms with Crippen molar-refractivity contribution in [2.45, 2.75) is 0 Å². The van der Waals surface area contributed by atoms with E-state index in [-0.39, 0.29) is 16.5 Å². The number of carbonyl (C=O) groups is 1. The number of hydrogen-bond donors (Lipinski definition) is 0. The lowest BCUT2D eigenvalue weighted by Gasteiger charge is -2.14. The summed E-state index contributed by atoms with van der Waals surface area (Å²) in [5.74, 6) is -0.827. The highest BCUT2D eigenvalue weighted by molar-refractivity contribution is 8.27. The molecule has 2 nitrogen and oxygen atoms in total. The summed E-state index contributed by atoms with van der Waals surface area (Å²) in [5.41, 5.74) is 0.740. The van der Waals surface area contributed by atoms with Gasteiger partial charge in [0.05, 0.1) is 15.6 Å². The van der Waals surface area contributed by atoms with E-state index in [1.165, 1.54) is 23.1 Å². The molecule has 1 saturated heterocycles. The number of rotatable bonds is 2. The first-order valence-electron chi connectivity index (χ1n) is 6.45. The normalized spacial score (nSPS) is 16.5. The van der Waals surface area contributed by atoms with E-state index >= 15 is 0 Å². The summed E-state index contributed by atoms with van der Waals surface area (Å²) in [6, 6.07) is 11.2. The molecule has 0 spiro atoms. The second kappa shape index (κ2) is 6.61. The molecule has 0 aromatic heterocycles. The number of amides is 1. The van der Waals surface area contributed by atoms with E-state index in [9.17, 15) is 9.18 Å². The Labute approximate surface area is 151 Å². The molecule has 0 atom stereocenters. The Morgan fingerprint density at radius 3 is 2.61 bits per heavy atom. The molecule has 0 saturated carbocycles. The lowest BCUT2D eigenvalue weighted by atomic mass is 10.2. The van der Waals surface area contributed by atoms with Crippen LogP contribution in [0.4, 0.5) is 10.1 Å². The summed E-state index contributed by atoms with van der Waals surface area (Å²) in [5, 5.41) is 0.732. The summed E-state index contributed by atoms with van der Waals surface area (Å²) in [6.45, 7) is 0. The monoisotopic (exact) mass is 383 g/mol. The van der Waals surface area contributed by atoms with Crippen LogP contribution in [0.2, 0.25) is 10.0 Å². The molecular weight excluding hydrogens is 376 g/mol. The Balaban J connectivity index is 2.00. The number of benzene rings is 2. The average molecular weight is 384 g/mol. The molecule has 2 aromatic rings. The molecule has 1 fully saturated rings. The molecule has 0 bridgehead atoms. The van der Waals surface area contributed by atoms with Crippen LogP contribution < -0.4 is 4.90 Å². The highest BCUT2D eigenvalue weighted by Gasteiger charge is 2.33. The number of halogens is 3. The van der Waals surface area contributed by atoms with Gasteiger partial charge in [-0.15, -0.1) is 0 Å². The standard InChI is InChI=1S/C16H8Cl2FNOS2/c17-9-3-1-4-10(7-9)20-15(21)14(23-16(20)22)8-11-12(18)5-2-6-13(11)19/h1-8H/b14-8-. The fourth-order valence-electron chi connectivity index (χ4n) is 2.09. The smallest absolute Gasteiger partial charge is 0.268 e. The Morgan fingerprint density at radius 1 is 1.17 bits per heavy atom. The van der Waals surface area contributed by atoms with Crippen molar-refractivity contribution in [3.63, 3.8) is 0 Å². The average Bonchev–Trinajstić information content (AvgIpc) is 2.77. The summed E-state index contributed by atoms with van der Waals surface area (Å²) < 4.78 is 14.2. The summed E-state index contributed by atoms with van der Waals surface area (Å²) in [7, 11) is 0. The number of carbonyl (C=O) groups excluding carboxylic acids is 1. The van der Waals surface area contributed by atoms with Gasteiger partial charge in [0.2, 0.25) is 0 Å². The second-order valence-electron chi connectivity index (χ2n) is 4.63. The van der Waals surface area contributed by atoms with Gasteiger partial charge in [0, 0.05) is 10.6 Å². The SMILES string of the molecule is O=C1/C(=C/c2c(F)cccc2Cl)SC(=S)N1c1cccc(Cl)c1. The molecule has 7 heteroatoms. The molecule has 0 aliphatic carbocycles. The maximum Gasteiger partial charge on any atom is 0.270 e. The fraction of sp³-hybridized carbons (Fsp3) is 0. The lowest BCUT2D eigenvalue weighted by molar-refractivity contribution is -0.113. The van der Waals surface area contributed by atoms with Crippen molar-refractivity contribution in [2.75, 3.05) is 4.90 Å². The Bertz CT molecular complexity index is 833. The first-order chi connectivity index (χ1) is 11.0. The first kappa shape index (κ1) is 16.5. The third kappa shape index (κ3) is 3.28. The van der Waals surface area contributed by atoms with E-state index in [4.69, 9.17) is 35.4 Å². The summed E-state index contributed by atoms with van der Waals surface area (Å²) in [6.07, 6.45) is 1.42. The van der Waals surface area contributed by atoms with Gasteiger partial charge in [0.1, 0.15) is 5.82 Å². The predicted molar refractivity (Wildman–Crippen MR) is 98.5 cm³/mol. The molecule has 1 aliphatic rings. The van der Waals surface area contributed by atoms with Crippen molar-refractivity contribution >= 4 is 69.2 Å². The highest BCUT2D eigenvalue weighted by atomic mass is 35.5. The number of thioether (sulfide) groups is 1. The van der Waals surface area contributed by atoms with E-state index in [0.29, 0.717) is 19.9 Å². The van der Waals surface area contributed by atoms with E-state index in [1.807, 2.05) is 0 Å². The third-order valence-corrected chi connectivity index (χ3v) is 5.00. The van der Waals surface area contributed by atoms with Crippen LogP contribution in [0.15, 0.2) is 47.4 Å². The molecule has 0 N–H and O–H groups in total. The van der Waals surface area contributed by atoms with Crippen LogP contribution in [0.5, 0.6) is 0 Å². The molecule has 2 aromatic carbocycles. The maximum atomic E-state index is 13.9. The minimum absolute atomic E-state index is 0.167. The predicted octanol–water partition coefficient (Wildman–Crippen LogP) is 5.54. The van der Waals surface area contributed by atoms with Crippen LogP contribution in [0.25, 0.3) is 6.08 Å². The van der Waals surface area contributed by atoms with Crippen LogP contribution >= 0.6 is 47.2 Å². The summed E-state index contributed by atoms with van der Waals surface area (Å²) in [4.78, 5) is 14.3. The zero-order valence-electron chi connectivity index (χ0n) is 11.4. The van der Waals surface area contributed by atoms with Crippen molar-refractivity contribution in [2.24, 2.45) is 0 Å². The lowest BCUT2D eigenvalue weighted by Crippen LogP contribution is -2.27. The number of anilines is 1. The first-order valence-corrected chi connectivity index (χ1v) is 8.43. The molecule has 1 heterocycles. The van der Waals surface area contributed by atoms with E-state index in [2.05, 4.69) is 0 Å². The second-order valence-corrected chi connectivity index (χ2v) is 7.15. The van der Waals surface area contributed by atoms with E-state index in [0.717, 1.165) is 11.8 Å². The van der Waals surface area contributed by atoms with Gasteiger partial charge in [-0.05, 0) is 36.4 Å². The largest absolute Gasteiger partial charge is 0.270 e. The Kier molecular flexibility index (Phi) is 4.73. The quantitative estimate of drug-likeness (QED) is 0.501. The molecule has 23 heavy (non-hydrogen) atoms. The molecule has 1 aliphatic heterocycles. The number of thiocarbonyl (C=S) groups is 1. The van der Waals surface area contributed by atoms with Gasteiger partial charge < -0.3 is 0 Å². The van der Waals surface area contributed by atoms with Gasteiger partial charge in [-0.1, -0.05) is 59.3 Å². The van der Waals surface area contributed by atoms with Crippen LogP contribution in [-0.4, -0.2) is 10.2 Å². The maximum absolute atomic E-state index is 13.9. The van der Waals surface area contributed by atoms with E-state index < -0.39 is 5.82 Å². The van der Waals surface area contributed by atoms with Crippen molar-refractivity contribution in [3.8, 4) is 0 Å². The highest BCUT2D eigenvalue weighted by Crippen LogP contribution is 2.37. The molecular formula is C16H8Cl2FNOS2. The molecule has 0 unspecified atom stereocenters. The van der Waals surface area contributed by atoms with E-state index in [1.54, 1.807) is 30.3 Å². The van der Waals surface area contributed by atoms with Crippen molar-refractivity contribution in [1.29, 1.82) is 0 Å². The topological polar surface area (TPSA) is 20.3 Å². The molecule has 116 valence electrons. The van der Waals surface area contributed by atoms with Crippen LogP contribution in [-0.2, 0) is 4.79 Å². The van der Waals surface area contributed by atoms with Crippen LogP contribution in [0.3, 0.4) is 0 Å². The van der Waals surface area contributed by atoms with Gasteiger partial charge in [-0.2, -0.15) is 0 Å². The zero-order chi connectivity index (χ0) is 16.6. The van der Waals surface area contributed by atoms with Gasteiger partial charge in [-0.3, -0.25) is 9.69 Å². The van der Waals surface area contributed by atoms with Gasteiger partial charge in [0.25, 0.3) is 5.91 Å². The van der Waals surface area contributed by atoms with Gasteiger partial charge >= 0.3 is 0 Å². The summed E-state index contributed by atoms with van der Waals surface area (Å²) >= 11 is 18.3.